The van der Waals surface area contributed by atoms with Crippen LogP contribution in [0, 0.1) is 13.8 Å². The minimum absolute atomic E-state index is 0.222. The second kappa shape index (κ2) is 8.78. The van der Waals surface area contributed by atoms with Gasteiger partial charge in [-0.2, -0.15) is 0 Å². The van der Waals surface area contributed by atoms with Crippen LogP contribution in [-0.4, -0.2) is 27.0 Å². The van der Waals surface area contributed by atoms with E-state index in [0.717, 1.165) is 22.6 Å². The van der Waals surface area contributed by atoms with E-state index in [9.17, 15) is 4.79 Å². The Labute approximate surface area is 175 Å². The van der Waals surface area contributed by atoms with Crippen molar-refractivity contribution < 1.29 is 9.53 Å². The van der Waals surface area contributed by atoms with E-state index in [1.165, 1.54) is 11.1 Å². The van der Waals surface area contributed by atoms with Crippen molar-refractivity contribution in [2.45, 2.75) is 26.9 Å². The van der Waals surface area contributed by atoms with Gasteiger partial charge < -0.3 is 14.6 Å². The molecule has 2 aromatic heterocycles. The number of ether oxygens (including phenoxy) is 1. The monoisotopic (exact) mass is 400 g/mol. The lowest BCUT2D eigenvalue weighted by Gasteiger charge is -2.12. The normalized spacial score (nSPS) is 10.9. The molecule has 4 rings (SSSR count). The molecule has 0 fully saturated rings. The zero-order chi connectivity index (χ0) is 20.9. The van der Waals surface area contributed by atoms with Crippen LogP contribution in [0.3, 0.4) is 0 Å². The van der Waals surface area contributed by atoms with Gasteiger partial charge in [0.15, 0.2) is 0 Å². The van der Waals surface area contributed by atoms with Crippen molar-refractivity contribution in [3.05, 3.63) is 89.5 Å². The van der Waals surface area contributed by atoms with Crippen molar-refractivity contribution in [2.24, 2.45) is 0 Å². The number of imidazole rings is 1. The molecule has 1 N–H and O–H groups in total. The smallest absolute Gasteiger partial charge is 0.270 e. The number of aryl methyl sites for hydroxylation is 2. The third-order valence-electron chi connectivity index (χ3n) is 4.82. The highest BCUT2D eigenvalue weighted by Gasteiger charge is 2.13. The standard InChI is InChI=1S/C24H24N4O2/c1-17-13-18(2)15-19(14-17)30-12-11-28-22-9-4-3-7-20(22)27-23(28)16-26-24(29)21-8-5-6-10-25-21/h3-10,13-15H,11-12,16H2,1-2H3,(H,26,29). The van der Waals surface area contributed by atoms with Crippen molar-refractivity contribution in [3.8, 4) is 5.75 Å². The van der Waals surface area contributed by atoms with Gasteiger partial charge in [0.05, 0.1) is 24.1 Å². The highest BCUT2D eigenvalue weighted by molar-refractivity contribution is 5.92. The fraction of sp³-hybridized carbons (Fsp3) is 0.208. The predicted octanol–water partition coefficient (Wildman–Crippen LogP) is 4.06. The lowest BCUT2D eigenvalue weighted by atomic mass is 10.1. The molecule has 2 heterocycles. The first kappa shape index (κ1) is 19.6. The van der Waals surface area contributed by atoms with E-state index in [1.54, 1.807) is 24.4 Å². The molecule has 0 unspecified atom stereocenters. The predicted molar refractivity (Wildman–Crippen MR) is 117 cm³/mol. The first-order chi connectivity index (χ1) is 14.6. The van der Waals surface area contributed by atoms with Gasteiger partial charge in [0.25, 0.3) is 5.91 Å². The summed E-state index contributed by atoms with van der Waals surface area (Å²) in [6, 6.07) is 19.4. The molecule has 152 valence electrons. The Hall–Kier alpha value is -3.67. The molecule has 6 heteroatoms. The number of fused-ring (bicyclic) bond motifs is 1. The minimum Gasteiger partial charge on any atom is -0.492 e. The van der Waals surface area contributed by atoms with Crippen LogP contribution < -0.4 is 10.1 Å². The van der Waals surface area contributed by atoms with Gasteiger partial charge >= 0.3 is 0 Å². The van der Waals surface area contributed by atoms with Gasteiger partial charge in [-0.25, -0.2) is 4.98 Å². The Kier molecular flexibility index (Phi) is 5.75. The zero-order valence-corrected chi connectivity index (χ0v) is 17.1. The molecule has 0 radical (unpaired) electrons. The van der Waals surface area contributed by atoms with Crippen LogP contribution >= 0.6 is 0 Å². The number of aromatic nitrogens is 3. The largest absolute Gasteiger partial charge is 0.492 e. The molecule has 0 spiro atoms. The van der Waals surface area contributed by atoms with E-state index in [2.05, 4.69) is 34.8 Å². The number of benzene rings is 2. The van der Waals surface area contributed by atoms with Crippen molar-refractivity contribution >= 4 is 16.9 Å². The first-order valence-corrected chi connectivity index (χ1v) is 9.94. The van der Waals surface area contributed by atoms with Crippen molar-refractivity contribution in [1.82, 2.24) is 19.9 Å². The van der Waals surface area contributed by atoms with E-state index in [-0.39, 0.29) is 5.91 Å². The number of amides is 1. The van der Waals surface area contributed by atoms with Crippen molar-refractivity contribution in [1.29, 1.82) is 0 Å². The van der Waals surface area contributed by atoms with Crippen LogP contribution in [0.15, 0.2) is 66.9 Å². The molecule has 0 atom stereocenters. The second-order valence-corrected chi connectivity index (χ2v) is 7.24. The lowest BCUT2D eigenvalue weighted by Crippen LogP contribution is -2.26. The summed E-state index contributed by atoms with van der Waals surface area (Å²) in [4.78, 5) is 21.2. The van der Waals surface area contributed by atoms with Gasteiger partial charge in [0.2, 0.25) is 0 Å². The molecule has 0 aliphatic heterocycles. The van der Waals surface area contributed by atoms with Crippen molar-refractivity contribution in [3.63, 3.8) is 0 Å². The molecular weight excluding hydrogens is 376 g/mol. The number of nitrogens with zero attached hydrogens (tertiary/aromatic N) is 3. The Morgan fingerprint density at radius 1 is 1.03 bits per heavy atom. The number of pyridine rings is 1. The summed E-state index contributed by atoms with van der Waals surface area (Å²) in [6.45, 7) is 5.57. The fourth-order valence-corrected chi connectivity index (χ4v) is 3.53. The van der Waals surface area contributed by atoms with Gasteiger partial charge in [-0.05, 0) is 61.4 Å². The maximum absolute atomic E-state index is 12.4. The molecule has 0 bridgehead atoms. The molecular formula is C24H24N4O2. The van der Waals surface area contributed by atoms with E-state index < -0.39 is 0 Å². The van der Waals surface area contributed by atoms with E-state index in [0.29, 0.717) is 25.4 Å². The summed E-state index contributed by atoms with van der Waals surface area (Å²) in [5.41, 5.74) is 4.65. The van der Waals surface area contributed by atoms with Crippen LogP contribution in [0.5, 0.6) is 5.75 Å². The molecule has 0 aliphatic rings. The molecule has 0 saturated carbocycles. The Morgan fingerprint density at radius 3 is 2.57 bits per heavy atom. The molecule has 6 nitrogen and oxygen atoms in total. The maximum atomic E-state index is 12.4. The Balaban J connectivity index is 1.49. The number of para-hydroxylation sites is 2. The Bertz CT molecular complexity index is 1150. The maximum Gasteiger partial charge on any atom is 0.270 e. The second-order valence-electron chi connectivity index (χ2n) is 7.24. The molecule has 30 heavy (non-hydrogen) atoms. The van der Waals surface area contributed by atoms with Gasteiger partial charge in [-0.1, -0.05) is 24.3 Å². The van der Waals surface area contributed by atoms with E-state index in [4.69, 9.17) is 9.72 Å². The quantitative estimate of drug-likeness (QED) is 0.508. The summed E-state index contributed by atoms with van der Waals surface area (Å²) >= 11 is 0. The molecule has 1 amide bonds. The Morgan fingerprint density at radius 2 is 1.80 bits per heavy atom. The number of nitrogens with one attached hydrogen (secondary N) is 1. The number of carbonyl (C=O) groups excluding carboxylic acids is 1. The van der Waals surface area contributed by atoms with Crippen LogP contribution in [0.2, 0.25) is 0 Å². The summed E-state index contributed by atoms with van der Waals surface area (Å²) in [6.07, 6.45) is 1.61. The molecule has 4 aromatic rings. The number of hydrogen-bond acceptors (Lipinski definition) is 4. The topological polar surface area (TPSA) is 69.0 Å². The summed E-state index contributed by atoms with van der Waals surface area (Å²) in [5.74, 6) is 1.42. The number of carbonyl (C=O) groups is 1. The van der Waals surface area contributed by atoms with Crippen LogP contribution in [0.25, 0.3) is 11.0 Å². The molecule has 0 aliphatic carbocycles. The van der Waals surface area contributed by atoms with Crippen LogP contribution in [-0.2, 0) is 13.1 Å². The third kappa shape index (κ3) is 4.49. The highest BCUT2D eigenvalue weighted by Crippen LogP contribution is 2.18. The van der Waals surface area contributed by atoms with Crippen LogP contribution in [0.4, 0.5) is 0 Å². The summed E-state index contributed by atoms with van der Waals surface area (Å²) in [5, 5.41) is 2.91. The van der Waals surface area contributed by atoms with Gasteiger partial charge in [0.1, 0.15) is 23.9 Å². The van der Waals surface area contributed by atoms with E-state index in [1.807, 2.05) is 36.4 Å². The average Bonchev–Trinajstić information content (AvgIpc) is 3.09. The fourth-order valence-electron chi connectivity index (χ4n) is 3.53. The number of rotatable bonds is 7. The zero-order valence-electron chi connectivity index (χ0n) is 17.1. The molecule has 2 aromatic carbocycles. The molecule has 0 saturated heterocycles. The first-order valence-electron chi connectivity index (χ1n) is 9.94. The van der Waals surface area contributed by atoms with Gasteiger partial charge in [-0.3, -0.25) is 9.78 Å². The summed E-state index contributed by atoms with van der Waals surface area (Å²) < 4.78 is 8.09. The SMILES string of the molecule is Cc1cc(C)cc(OCCn2c(CNC(=O)c3ccccn3)nc3ccccc32)c1. The van der Waals surface area contributed by atoms with Gasteiger partial charge in [-0.15, -0.1) is 0 Å². The summed E-state index contributed by atoms with van der Waals surface area (Å²) in [7, 11) is 0. The lowest BCUT2D eigenvalue weighted by molar-refractivity contribution is 0.0944. The van der Waals surface area contributed by atoms with Gasteiger partial charge in [0, 0.05) is 6.20 Å². The van der Waals surface area contributed by atoms with Crippen molar-refractivity contribution in [2.75, 3.05) is 6.61 Å². The van der Waals surface area contributed by atoms with Crippen LogP contribution in [0.1, 0.15) is 27.4 Å². The highest BCUT2D eigenvalue weighted by atomic mass is 16.5. The average molecular weight is 400 g/mol. The number of hydrogen-bond donors (Lipinski definition) is 1. The minimum atomic E-state index is -0.222. The van der Waals surface area contributed by atoms with E-state index >= 15 is 0 Å². The third-order valence-corrected chi connectivity index (χ3v) is 4.82.